The van der Waals surface area contributed by atoms with Crippen molar-refractivity contribution in [2.24, 2.45) is 0 Å². The van der Waals surface area contributed by atoms with Crippen molar-refractivity contribution in [3.05, 3.63) is 121 Å². The van der Waals surface area contributed by atoms with Gasteiger partial charge in [-0.05, 0) is 54.8 Å². The predicted molar refractivity (Wildman–Crippen MR) is 136 cm³/mol. The number of aliphatic hydroxyl groups is 1. The van der Waals surface area contributed by atoms with Crippen LogP contribution in [0.4, 0.5) is 0 Å². The van der Waals surface area contributed by atoms with Crippen LogP contribution in [-0.2, 0) is 24.2 Å². The van der Waals surface area contributed by atoms with Crippen LogP contribution in [0.5, 0.6) is 5.75 Å². The Bertz CT molecular complexity index is 1590. The van der Waals surface area contributed by atoms with Crippen molar-refractivity contribution in [3.8, 4) is 5.75 Å². The Balaban J connectivity index is 1.65. The van der Waals surface area contributed by atoms with Crippen LogP contribution in [0, 0.1) is 0 Å². The number of fused-ring (bicyclic) bond motifs is 6. The zero-order chi connectivity index (χ0) is 24.7. The molecule has 4 heterocycles. The molecular weight excluding hydrogens is 497 g/mol. The van der Waals surface area contributed by atoms with Crippen molar-refractivity contribution < 1.29 is 9.84 Å². The van der Waals surface area contributed by atoms with Gasteiger partial charge in [-0.3, -0.25) is 14.3 Å². The average Bonchev–Trinajstić information content (AvgIpc) is 3.28. The zero-order valence-electron chi connectivity index (χ0n) is 19.1. The van der Waals surface area contributed by atoms with E-state index >= 15 is 0 Å². The monoisotopic (exact) mass is 517 g/mol. The lowest BCUT2D eigenvalue weighted by atomic mass is 9.70. The number of nitrogens with zero attached hydrogens (tertiary/aromatic N) is 3. The van der Waals surface area contributed by atoms with Crippen LogP contribution < -0.4 is 10.3 Å². The molecule has 0 radical (unpaired) electrons. The molecular formula is C28H21Cl2N3O3. The molecule has 2 aromatic heterocycles. The van der Waals surface area contributed by atoms with E-state index in [0.717, 1.165) is 18.4 Å². The number of aromatic nitrogens is 3. The number of benzene rings is 2. The van der Waals surface area contributed by atoms with Crippen molar-refractivity contribution in [1.29, 1.82) is 0 Å². The van der Waals surface area contributed by atoms with Crippen LogP contribution in [0.15, 0.2) is 71.8 Å². The van der Waals surface area contributed by atoms with E-state index in [1.807, 2.05) is 24.3 Å². The Morgan fingerprint density at radius 1 is 1.06 bits per heavy atom. The SMILES string of the molecule is O=c1c2c(nc3n1CCCC3)[C@@]1(O)c3cc(Cl)ccc3O[C@@]1(c1ccc(Cl)cc1)[C@@H]2c1cccnc1. The first-order valence-corrected chi connectivity index (χ1v) is 12.7. The van der Waals surface area contributed by atoms with Gasteiger partial charge in [0, 0.05) is 46.5 Å². The van der Waals surface area contributed by atoms with E-state index in [4.69, 9.17) is 32.9 Å². The summed E-state index contributed by atoms with van der Waals surface area (Å²) < 4.78 is 8.56. The standard InChI is InChI=1S/C28H21Cl2N3O3/c29-18-8-6-17(7-9-18)28-24(16-4-3-12-31-15-16)23-25(32-22-5-1-2-13-33(22)26(23)34)27(28,35)20-14-19(30)10-11-21(20)36-28/h3-4,6-12,14-15,24,35H,1-2,5,13H2/t24-,27+,28+/m1/s1. The van der Waals surface area contributed by atoms with Crippen molar-refractivity contribution in [2.75, 3.05) is 0 Å². The lowest BCUT2D eigenvalue weighted by molar-refractivity contribution is -0.0905. The highest BCUT2D eigenvalue weighted by Crippen LogP contribution is 2.67. The van der Waals surface area contributed by atoms with E-state index < -0.39 is 17.1 Å². The first kappa shape index (κ1) is 22.0. The summed E-state index contributed by atoms with van der Waals surface area (Å²) in [5.41, 5.74) is -0.676. The quantitative estimate of drug-likeness (QED) is 0.407. The summed E-state index contributed by atoms with van der Waals surface area (Å²) in [4.78, 5) is 23.5. The molecule has 1 aliphatic carbocycles. The summed E-state index contributed by atoms with van der Waals surface area (Å²) >= 11 is 12.7. The number of ether oxygens (including phenoxy) is 1. The molecule has 2 aromatic carbocycles. The summed E-state index contributed by atoms with van der Waals surface area (Å²) in [6, 6.07) is 16.1. The molecule has 8 heteroatoms. The number of halogens is 2. The van der Waals surface area contributed by atoms with Gasteiger partial charge < -0.3 is 9.84 Å². The largest absolute Gasteiger partial charge is 0.477 e. The van der Waals surface area contributed by atoms with E-state index in [-0.39, 0.29) is 5.56 Å². The van der Waals surface area contributed by atoms with Gasteiger partial charge in [-0.1, -0.05) is 41.4 Å². The molecule has 0 bridgehead atoms. The van der Waals surface area contributed by atoms with Gasteiger partial charge in [0.15, 0.2) is 11.2 Å². The van der Waals surface area contributed by atoms with Crippen LogP contribution in [0.3, 0.4) is 0 Å². The minimum atomic E-state index is -1.77. The molecule has 1 N–H and O–H groups in total. The zero-order valence-corrected chi connectivity index (χ0v) is 20.6. The number of hydrogen-bond donors (Lipinski definition) is 1. The van der Waals surface area contributed by atoms with Crippen molar-refractivity contribution >= 4 is 23.2 Å². The maximum Gasteiger partial charge on any atom is 0.257 e. The Morgan fingerprint density at radius 2 is 1.86 bits per heavy atom. The van der Waals surface area contributed by atoms with E-state index in [1.54, 1.807) is 47.3 Å². The Labute approximate surface area is 217 Å². The second-order valence-electron chi connectivity index (χ2n) is 9.62. The lowest BCUT2D eigenvalue weighted by Gasteiger charge is -2.40. The van der Waals surface area contributed by atoms with Gasteiger partial charge in [0.05, 0.1) is 17.2 Å². The normalized spacial score (nSPS) is 25.5. The van der Waals surface area contributed by atoms with Gasteiger partial charge >= 0.3 is 0 Å². The molecule has 0 saturated carbocycles. The van der Waals surface area contributed by atoms with Gasteiger partial charge in [-0.15, -0.1) is 0 Å². The molecule has 6 nitrogen and oxygen atoms in total. The van der Waals surface area contributed by atoms with Crippen LogP contribution in [-0.4, -0.2) is 19.6 Å². The second-order valence-corrected chi connectivity index (χ2v) is 10.5. The van der Waals surface area contributed by atoms with Crippen LogP contribution in [0.2, 0.25) is 10.0 Å². The minimum Gasteiger partial charge on any atom is -0.477 e. The van der Waals surface area contributed by atoms with Crippen molar-refractivity contribution in [1.82, 2.24) is 14.5 Å². The maximum absolute atomic E-state index is 14.2. The summed E-state index contributed by atoms with van der Waals surface area (Å²) in [7, 11) is 0. The molecule has 0 saturated heterocycles. The van der Waals surface area contributed by atoms with Crippen LogP contribution in [0.25, 0.3) is 0 Å². The third kappa shape index (κ3) is 2.69. The van der Waals surface area contributed by atoms with E-state index in [1.165, 1.54) is 0 Å². The van der Waals surface area contributed by atoms with Gasteiger partial charge in [0.25, 0.3) is 5.56 Å². The van der Waals surface area contributed by atoms with Gasteiger partial charge in [0.1, 0.15) is 11.6 Å². The Morgan fingerprint density at radius 3 is 2.64 bits per heavy atom. The number of hydrogen-bond acceptors (Lipinski definition) is 5. The molecule has 2 aliphatic heterocycles. The highest BCUT2D eigenvalue weighted by Gasteiger charge is 2.73. The third-order valence-electron chi connectivity index (χ3n) is 7.78. The van der Waals surface area contributed by atoms with Crippen LogP contribution in [0.1, 0.15) is 52.5 Å². The first-order chi connectivity index (χ1) is 17.4. The second kappa shape index (κ2) is 7.65. The molecule has 180 valence electrons. The summed E-state index contributed by atoms with van der Waals surface area (Å²) in [5, 5.41) is 14.0. The molecule has 0 spiro atoms. The maximum atomic E-state index is 14.2. The van der Waals surface area contributed by atoms with Gasteiger partial charge in [-0.25, -0.2) is 4.98 Å². The molecule has 0 amide bonds. The minimum absolute atomic E-state index is 0.146. The topological polar surface area (TPSA) is 77.2 Å². The lowest BCUT2D eigenvalue weighted by Crippen LogP contribution is -2.49. The summed E-state index contributed by atoms with van der Waals surface area (Å²) in [6.45, 7) is 0.601. The number of rotatable bonds is 2. The summed E-state index contributed by atoms with van der Waals surface area (Å²) in [6.07, 6.45) is 5.93. The van der Waals surface area contributed by atoms with E-state index in [0.29, 0.717) is 57.0 Å². The van der Waals surface area contributed by atoms with Crippen LogP contribution >= 0.6 is 23.2 Å². The predicted octanol–water partition coefficient (Wildman–Crippen LogP) is 4.95. The molecule has 3 aliphatic rings. The number of pyridine rings is 1. The van der Waals surface area contributed by atoms with Crippen molar-refractivity contribution in [3.63, 3.8) is 0 Å². The molecule has 0 unspecified atom stereocenters. The fourth-order valence-corrected chi connectivity index (χ4v) is 6.60. The molecule has 3 atom stereocenters. The fourth-order valence-electron chi connectivity index (χ4n) is 6.30. The van der Waals surface area contributed by atoms with Gasteiger partial charge in [0.2, 0.25) is 0 Å². The number of aryl methyl sites for hydroxylation is 1. The highest BCUT2D eigenvalue weighted by molar-refractivity contribution is 6.31. The average molecular weight is 518 g/mol. The smallest absolute Gasteiger partial charge is 0.257 e. The third-order valence-corrected chi connectivity index (χ3v) is 8.27. The Hall–Kier alpha value is -3.19. The molecule has 7 rings (SSSR count). The Kier molecular flexibility index (Phi) is 4.69. The first-order valence-electron chi connectivity index (χ1n) is 12.0. The summed E-state index contributed by atoms with van der Waals surface area (Å²) in [5.74, 6) is 0.500. The van der Waals surface area contributed by atoms with E-state index in [9.17, 15) is 9.90 Å². The molecule has 36 heavy (non-hydrogen) atoms. The van der Waals surface area contributed by atoms with Crippen molar-refractivity contribution in [2.45, 2.75) is 42.9 Å². The van der Waals surface area contributed by atoms with E-state index in [2.05, 4.69) is 4.98 Å². The highest BCUT2D eigenvalue weighted by atomic mass is 35.5. The van der Waals surface area contributed by atoms with Gasteiger partial charge in [-0.2, -0.15) is 0 Å². The molecule has 0 fully saturated rings. The fraction of sp³-hybridized carbons (Fsp3) is 0.250. The molecule has 4 aromatic rings.